The van der Waals surface area contributed by atoms with E-state index in [-0.39, 0.29) is 0 Å². The average Bonchev–Trinajstić information content (AvgIpc) is 3.37. The van der Waals surface area contributed by atoms with Gasteiger partial charge in [-0.15, -0.1) is 0 Å². The van der Waals surface area contributed by atoms with Crippen LogP contribution in [0.5, 0.6) is 0 Å². The minimum Gasteiger partial charge on any atom is -0.310 e. The van der Waals surface area contributed by atoms with Crippen molar-refractivity contribution >= 4 is 38.6 Å². The van der Waals surface area contributed by atoms with Crippen molar-refractivity contribution in [2.45, 2.75) is 0 Å². The Hall–Kier alpha value is -8.26. The van der Waals surface area contributed by atoms with Gasteiger partial charge in [0, 0.05) is 22.3 Å². The van der Waals surface area contributed by atoms with Crippen molar-refractivity contribution in [3.63, 3.8) is 0 Å². The molecule has 1 heteroatoms. The zero-order valence-electron chi connectivity index (χ0n) is 34.8. The van der Waals surface area contributed by atoms with Gasteiger partial charge in [-0.25, -0.2) is 0 Å². The van der Waals surface area contributed by atoms with Gasteiger partial charge in [0.25, 0.3) is 0 Å². The molecule has 11 rings (SSSR count). The fraction of sp³-hybridized carbons (Fsp3) is 0. The van der Waals surface area contributed by atoms with E-state index in [4.69, 9.17) is 0 Å². The van der Waals surface area contributed by atoms with Gasteiger partial charge in [-0.05, 0) is 108 Å². The molecule has 0 amide bonds. The lowest BCUT2D eigenvalue weighted by molar-refractivity contribution is 1.30. The lowest BCUT2D eigenvalue weighted by Crippen LogP contribution is -2.11. The quantitative estimate of drug-likeness (QED) is 0.131. The number of hydrogen-bond donors (Lipinski definition) is 0. The minimum atomic E-state index is 1.07. The molecule has 63 heavy (non-hydrogen) atoms. The highest BCUT2D eigenvalue weighted by atomic mass is 15.1. The Morgan fingerprint density at radius 3 is 1.25 bits per heavy atom. The molecule has 0 aliphatic rings. The molecular weight excluding hydrogens is 759 g/mol. The maximum Gasteiger partial charge on any atom is 0.0546 e. The summed E-state index contributed by atoms with van der Waals surface area (Å²) in [6.07, 6.45) is 0. The number of nitrogens with zero attached hydrogens (tertiary/aromatic N) is 1. The topological polar surface area (TPSA) is 3.24 Å². The van der Waals surface area contributed by atoms with Gasteiger partial charge in [-0.3, -0.25) is 0 Å². The van der Waals surface area contributed by atoms with Crippen LogP contribution >= 0.6 is 0 Å². The molecular formula is C62H43N. The molecule has 0 bridgehead atoms. The summed E-state index contributed by atoms with van der Waals surface area (Å²) in [5.74, 6) is 0. The minimum absolute atomic E-state index is 1.07. The van der Waals surface area contributed by atoms with E-state index >= 15 is 0 Å². The third kappa shape index (κ3) is 7.06. The summed E-state index contributed by atoms with van der Waals surface area (Å²) < 4.78 is 0. The summed E-state index contributed by atoms with van der Waals surface area (Å²) in [6, 6.07) is 94.7. The summed E-state index contributed by atoms with van der Waals surface area (Å²) in [5, 5.41) is 4.89. The maximum atomic E-state index is 2.47. The first-order valence-corrected chi connectivity index (χ1v) is 21.7. The zero-order valence-corrected chi connectivity index (χ0v) is 34.8. The Morgan fingerprint density at radius 1 is 0.222 bits per heavy atom. The molecule has 0 aliphatic carbocycles. The second-order valence-corrected chi connectivity index (χ2v) is 16.0. The maximum absolute atomic E-state index is 2.47. The second-order valence-electron chi connectivity index (χ2n) is 16.0. The van der Waals surface area contributed by atoms with Gasteiger partial charge in [0.1, 0.15) is 0 Å². The van der Waals surface area contributed by atoms with Gasteiger partial charge >= 0.3 is 0 Å². The van der Waals surface area contributed by atoms with Crippen LogP contribution in [-0.4, -0.2) is 0 Å². The van der Waals surface area contributed by atoms with Gasteiger partial charge < -0.3 is 4.90 Å². The molecule has 0 unspecified atom stereocenters. The van der Waals surface area contributed by atoms with E-state index in [9.17, 15) is 0 Å². The Bertz CT molecular complexity index is 3340. The number of anilines is 3. The molecule has 11 aromatic rings. The summed E-state index contributed by atoms with van der Waals surface area (Å²) in [4.78, 5) is 2.47. The highest BCUT2D eigenvalue weighted by molar-refractivity contribution is 6.25. The highest BCUT2D eigenvalue weighted by Crippen LogP contribution is 2.50. The smallest absolute Gasteiger partial charge is 0.0546 e. The van der Waals surface area contributed by atoms with Crippen molar-refractivity contribution in [3.8, 4) is 66.8 Å². The Morgan fingerprint density at radius 2 is 0.651 bits per heavy atom. The molecule has 0 N–H and O–H groups in total. The van der Waals surface area contributed by atoms with Crippen molar-refractivity contribution in [2.24, 2.45) is 0 Å². The molecule has 0 spiro atoms. The van der Waals surface area contributed by atoms with Gasteiger partial charge in [0.05, 0.1) is 5.69 Å². The van der Waals surface area contributed by atoms with Crippen molar-refractivity contribution in [1.82, 2.24) is 0 Å². The second kappa shape index (κ2) is 16.7. The molecule has 0 saturated heterocycles. The predicted octanol–water partition coefficient (Wildman–Crippen LogP) is 17.5. The normalized spacial score (nSPS) is 11.2. The number of fused-ring (bicyclic) bond motifs is 3. The zero-order chi connectivity index (χ0) is 42.0. The Labute approximate surface area is 369 Å². The van der Waals surface area contributed by atoms with Crippen molar-refractivity contribution < 1.29 is 0 Å². The van der Waals surface area contributed by atoms with Crippen LogP contribution in [0.4, 0.5) is 17.1 Å². The Kier molecular flexibility index (Phi) is 9.97. The van der Waals surface area contributed by atoms with Crippen LogP contribution in [-0.2, 0) is 0 Å². The summed E-state index contributed by atoms with van der Waals surface area (Å²) in [7, 11) is 0. The SMILES string of the molecule is c1ccc(-c2cccc(N(c3ccc(-c4cccc(-c5ccccc5)c4-c4ccccc4)cc3)c3cccc4c3c(-c3ccccc3)c(-c3ccccc3)c3ccccc34)c2)cc1. The molecule has 0 radical (unpaired) electrons. The number of hydrogen-bond acceptors (Lipinski definition) is 1. The predicted molar refractivity (Wildman–Crippen MR) is 269 cm³/mol. The molecule has 0 fully saturated rings. The van der Waals surface area contributed by atoms with Crippen molar-refractivity contribution in [1.29, 1.82) is 0 Å². The first-order valence-electron chi connectivity index (χ1n) is 21.7. The summed E-state index contributed by atoms with van der Waals surface area (Å²) in [5.41, 5.74) is 17.6. The summed E-state index contributed by atoms with van der Waals surface area (Å²) >= 11 is 0. The van der Waals surface area contributed by atoms with E-state index < -0.39 is 0 Å². The van der Waals surface area contributed by atoms with Crippen LogP contribution in [0.1, 0.15) is 0 Å². The van der Waals surface area contributed by atoms with Crippen LogP contribution < -0.4 is 4.90 Å². The van der Waals surface area contributed by atoms with Gasteiger partial charge in [-0.2, -0.15) is 0 Å². The Balaban J connectivity index is 1.18. The fourth-order valence-corrected chi connectivity index (χ4v) is 9.45. The molecule has 296 valence electrons. The number of rotatable bonds is 9. The van der Waals surface area contributed by atoms with E-state index in [1.54, 1.807) is 0 Å². The number of benzene rings is 11. The third-order valence-corrected chi connectivity index (χ3v) is 12.3. The largest absolute Gasteiger partial charge is 0.310 e. The lowest BCUT2D eigenvalue weighted by atomic mass is 9.84. The van der Waals surface area contributed by atoms with Gasteiger partial charge in [0.15, 0.2) is 0 Å². The van der Waals surface area contributed by atoms with E-state index in [2.05, 4.69) is 266 Å². The molecule has 0 atom stereocenters. The first-order chi connectivity index (χ1) is 31.3. The molecule has 0 heterocycles. The van der Waals surface area contributed by atoms with E-state index in [0.717, 1.165) is 22.6 Å². The van der Waals surface area contributed by atoms with Gasteiger partial charge in [0.2, 0.25) is 0 Å². The first kappa shape index (κ1) is 37.7. The highest BCUT2D eigenvalue weighted by Gasteiger charge is 2.24. The van der Waals surface area contributed by atoms with E-state index in [1.807, 2.05) is 0 Å². The van der Waals surface area contributed by atoms with Crippen LogP contribution in [0.3, 0.4) is 0 Å². The summed E-state index contributed by atoms with van der Waals surface area (Å²) in [6.45, 7) is 0. The third-order valence-electron chi connectivity index (χ3n) is 12.3. The van der Waals surface area contributed by atoms with Crippen molar-refractivity contribution in [3.05, 3.63) is 261 Å². The molecule has 0 saturated carbocycles. The molecule has 11 aromatic carbocycles. The van der Waals surface area contributed by atoms with E-state index in [1.165, 1.54) is 82.7 Å². The van der Waals surface area contributed by atoms with Gasteiger partial charge in [-0.1, -0.05) is 231 Å². The van der Waals surface area contributed by atoms with Crippen LogP contribution in [0.25, 0.3) is 88.3 Å². The average molecular weight is 802 g/mol. The molecule has 1 nitrogen and oxygen atoms in total. The monoisotopic (exact) mass is 801 g/mol. The van der Waals surface area contributed by atoms with E-state index in [0.29, 0.717) is 0 Å². The van der Waals surface area contributed by atoms with Crippen LogP contribution in [0.15, 0.2) is 261 Å². The molecule has 0 aliphatic heterocycles. The van der Waals surface area contributed by atoms with Crippen LogP contribution in [0.2, 0.25) is 0 Å². The van der Waals surface area contributed by atoms with Crippen molar-refractivity contribution in [2.75, 3.05) is 4.90 Å². The lowest BCUT2D eigenvalue weighted by Gasteiger charge is -2.30. The fourth-order valence-electron chi connectivity index (χ4n) is 9.45. The standard InChI is InChI=1S/C62H43N/c1-6-21-44(22-7-1)50-31-18-32-52(43-50)63(51-41-39-46(40-42-51)54-36-19-35-53(45-23-8-2-9-24-45)59(54)47-25-10-3-11-26-47)58-38-20-37-57-55-33-16-17-34-56(55)60(48-27-12-4-13-28-48)61(62(57)58)49-29-14-5-15-30-49/h1-43H. The molecule has 0 aromatic heterocycles. The van der Waals surface area contributed by atoms with Crippen LogP contribution in [0, 0.1) is 0 Å².